The molecule has 1 aromatic heterocycles. The third kappa shape index (κ3) is 4.35. The standard InChI is InChI=1S/C17H26N6O2/c1-12-20-21-16(25-12)10-22(3)14-6-7-23(8-14)9-15(24)19-17(2,11-18)13-4-5-13/h13-14H,4-10H2,1-3H3,(H,19,24). The number of nitrogens with one attached hydrogen (secondary N) is 1. The van der Waals surface area contributed by atoms with Crippen LogP contribution < -0.4 is 5.32 Å². The second-order valence-corrected chi connectivity index (χ2v) is 7.44. The summed E-state index contributed by atoms with van der Waals surface area (Å²) in [6, 6.07) is 2.62. The smallest absolute Gasteiger partial charge is 0.235 e. The first kappa shape index (κ1) is 17.8. The molecule has 0 radical (unpaired) electrons. The monoisotopic (exact) mass is 346 g/mol. The lowest BCUT2D eigenvalue weighted by Gasteiger charge is -2.25. The van der Waals surface area contributed by atoms with Gasteiger partial charge < -0.3 is 9.73 Å². The van der Waals surface area contributed by atoms with Crippen LogP contribution in [0, 0.1) is 24.2 Å². The maximum Gasteiger partial charge on any atom is 0.235 e. The first-order chi connectivity index (χ1) is 11.9. The molecule has 2 unspecified atom stereocenters. The quantitative estimate of drug-likeness (QED) is 0.775. The average molecular weight is 346 g/mol. The van der Waals surface area contributed by atoms with E-state index in [0.29, 0.717) is 36.8 Å². The summed E-state index contributed by atoms with van der Waals surface area (Å²) in [5.41, 5.74) is -0.719. The van der Waals surface area contributed by atoms with Crippen LogP contribution >= 0.6 is 0 Å². The zero-order chi connectivity index (χ0) is 18.0. The van der Waals surface area contributed by atoms with Gasteiger partial charge in [0.05, 0.1) is 19.2 Å². The van der Waals surface area contributed by atoms with Gasteiger partial charge in [-0.3, -0.25) is 14.6 Å². The van der Waals surface area contributed by atoms with Crippen molar-refractivity contribution in [2.45, 2.75) is 51.2 Å². The first-order valence-corrected chi connectivity index (χ1v) is 8.83. The van der Waals surface area contributed by atoms with Crippen LogP contribution in [0.1, 0.15) is 38.0 Å². The molecule has 1 amide bonds. The number of carbonyl (C=O) groups excluding carboxylic acids is 1. The Balaban J connectivity index is 1.46. The summed E-state index contributed by atoms with van der Waals surface area (Å²) in [5, 5.41) is 20.2. The molecule has 1 aliphatic carbocycles. The topological polar surface area (TPSA) is 98.3 Å². The summed E-state index contributed by atoms with van der Waals surface area (Å²) in [6.07, 6.45) is 3.04. The van der Waals surface area contributed by atoms with E-state index < -0.39 is 5.54 Å². The molecule has 1 aromatic rings. The Bertz CT molecular complexity index is 664. The van der Waals surface area contributed by atoms with E-state index in [4.69, 9.17) is 4.42 Å². The van der Waals surface area contributed by atoms with Gasteiger partial charge in [-0.2, -0.15) is 5.26 Å². The van der Waals surface area contributed by atoms with E-state index in [1.54, 1.807) is 6.92 Å². The van der Waals surface area contributed by atoms with Crippen molar-refractivity contribution in [1.82, 2.24) is 25.3 Å². The van der Waals surface area contributed by atoms with Crippen LogP contribution in [-0.4, -0.2) is 64.2 Å². The Morgan fingerprint density at radius 1 is 1.48 bits per heavy atom. The summed E-state index contributed by atoms with van der Waals surface area (Å²) in [4.78, 5) is 16.7. The van der Waals surface area contributed by atoms with Crippen LogP contribution in [-0.2, 0) is 11.3 Å². The average Bonchev–Trinajstić information content (AvgIpc) is 3.21. The number of likely N-dealkylation sites (N-methyl/N-ethyl adjacent to an activating group) is 1. The molecule has 0 spiro atoms. The highest BCUT2D eigenvalue weighted by atomic mass is 16.4. The molecule has 1 N–H and O–H groups in total. The predicted molar refractivity (Wildman–Crippen MR) is 90.2 cm³/mol. The molecule has 2 atom stereocenters. The molecule has 3 rings (SSSR count). The largest absolute Gasteiger partial charge is 0.424 e. The van der Waals surface area contributed by atoms with Crippen LogP contribution in [0.5, 0.6) is 0 Å². The fraction of sp³-hybridized carbons (Fsp3) is 0.765. The van der Waals surface area contributed by atoms with E-state index in [9.17, 15) is 10.1 Å². The number of likely N-dealkylation sites (tertiary alicyclic amines) is 1. The molecule has 8 heteroatoms. The highest BCUT2D eigenvalue weighted by Crippen LogP contribution is 2.39. The van der Waals surface area contributed by atoms with Crippen molar-refractivity contribution in [2.75, 3.05) is 26.7 Å². The van der Waals surface area contributed by atoms with Crippen molar-refractivity contribution in [3.63, 3.8) is 0 Å². The van der Waals surface area contributed by atoms with Gasteiger partial charge in [0.1, 0.15) is 5.54 Å². The SMILES string of the molecule is Cc1nnc(CN(C)C2CCN(CC(=O)NC(C)(C#N)C3CC3)C2)o1. The van der Waals surface area contributed by atoms with Gasteiger partial charge in [-0.25, -0.2) is 0 Å². The molecule has 1 saturated heterocycles. The zero-order valence-electron chi connectivity index (χ0n) is 15.2. The van der Waals surface area contributed by atoms with Crippen LogP contribution in [0.4, 0.5) is 0 Å². The maximum atomic E-state index is 12.3. The predicted octanol–water partition coefficient (Wildman–Crippen LogP) is 0.693. The Hall–Kier alpha value is -1.98. The van der Waals surface area contributed by atoms with Crippen LogP contribution in [0.3, 0.4) is 0 Å². The van der Waals surface area contributed by atoms with Crippen molar-refractivity contribution in [3.8, 4) is 6.07 Å². The minimum atomic E-state index is -0.719. The molecule has 2 heterocycles. The van der Waals surface area contributed by atoms with Crippen molar-refractivity contribution < 1.29 is 9.21 Å². The van der Waals surface area contributed by atoms with Crippen molar-refractivity contribution in [3.05, 3.63) is 11.8 Å². The van der Waals surface area contributed by atoms with Gasteiger partial charge in [-0.05, 0) is 39.2 Å². The number of nitriles is 1. The molecule has 2 aliphatic rings. The van der Waals surface area contributed by atoms with E-state index in [-0.39, 0.29) is 5.91 Å². The summed E-state index contributed by atoms with van der Waals surface area (Å²) < 4.78 is 5.43. The molecule has 25 heavy (non-hydrogen) atoms. The Morgan fingerprint density at radius 3 is 2.84 bits per heavy atom. The van der Waals surface area contributed by atoms with Gasteiger partial charge in [0.15, 0.2) is 0 Å². The third-order valence-electron chi connectivity index (χ3n) is 5.22. The molecule has 1 aliphatic heterocycles. The molecule has 136 valence electrons. The fourth-order valence-corrected chi connectivity index (χ4v) is 3.47. The van der Waals surface area contributed by atoms with Crippen molar-refractivity contribution in [2.24, 2.45) is 5.92 Å². The van der Waals surface area contributed by atoms with Gasteiger partial charge in [-0.15, -0.1) is 10.2 Å². The summed E-state index contributed by atoms with van der Waals surface area (Å²) in [7, 11) is 2.04. The Labute approximate surface area is 148 Å². The van der Waals surface area contributed by atoms with Crippen molar-refractivity contribution >= 4 is 5.91 Å². The van der Waals surface area contributed by atoms with Crippen LogP contribution in [0.25, 0.3) is 0 Å². The number of hydrogen-bond acceptors (Lipinski definition) is 7. The molecule has 8 nitrogen and oxygen atoms in total. The highest BCUT2D eigenvalue weighted by Gasteiger charge is 2.43. The molecule has 1 saturated carbocycles. The lowest BCUT2D eigenvalue weighted by atomic mass is 9.98. The van der Waals surface area contributed by atoms with E-state index in [1.165, 1.54) is 0 Å². The molecule has 2 fully saturated rings. The number of carbonyl (C=O) groups is 1. The normalized spacial score (nSPS) is 23.4. The first-order valence-electron chi connectivity index (χ1n) is 8.83. The Morgan fingerprint density at radius 2 is 2.24 bits per heavy atom. The van der Waals surface area contributed by atoms with Gasteiger partial charge in [-0.1, -0.05) is 0 Å². The van der Waals surface area contributed by atoms with Crippen LogP contribution in [0.2, 0.25) is 0 Å². The molecule has 0 aromatic carbocycles. The van der Waals surface area contributed by atoms with E-state index in [2.05, 4.69) is 31.4 Å². The zero-order valence-corrected chi connectivity index (χ0v) is 15.2. The van der Waals surface area contributed by atoms with E-state index in [1.807, 2.05) is 14.0 Å². The van der Waals surface area contributed by atoms with Gasteiger partial charge >= 0.3 is 0 Å². The van der Waals surface area contributed by atoms with Gasteiger partial charge in [0.25, 0.3) is 0 Å². The van der Waals surface area contributed by atoms with Crippen molar-refractivity contribution in [1.29, 1.82) is 5.26 Å². The maximum absolute atomic E-state index is 12.3. The summed E-state index contributed by atoms with van der Waals surface area (Å²) >= 11 is 0. The van der Waals surface area contributed by atoms with E-state index >= 15 is 0 Å². The van der Waals surface area contributed by atoms with Gasteiger partial charge in [0, 0.05) is 26.1 Å². The second-order valence-electron chi connectivity index (χ2n) is 7.44. The minimum absolute atomic E-state index is 0.0632. The summed E-state index contributed by atoms with van der Waals surface area (Å²) in [6.45, 7) is 6.26. The fourth-order valence-electron chi connectivity index (χ4n) is 3.47. The lowest BCUT2D eigenvalue weighted by Crippen LogP contribution is -2.50. The molecule has 0 bridgehead atoms. The highest BCUT2D eigenvalue weighted by molar-refractivity contribution is 5.79. The Kier molecular flexibility index (Phi) is 5.06. The number of rotatable bonds is 7. The molecular formula is C17H26N6O2. The number of aromatic nitrogens is 2. The third-order valence-corrected chi connectivity index (χ3v) is 5.22. The number of nitrogens with zero attached hydrogens (tertiary/aromatic N) is 5. The second kappa shape index (κ2) is 7.10. The lowest BCUT2D eigenvalue weighted by molar-refractivity contribution is -0.123. The number of hydrogen-bond donors (Lipinski definition) is 1. The molecular weight excluding hydrogens is 320 g/mol. The van der Waals surface area contributed by atoms with Crippen LogP contribution in [0.15, 0.2) is 4.42 Å². The minimum Gasteiger partial charge on any atom is -0.424 e. The number of amides is 1. The van der Waals surface area contributed by atoms with E-state index in [0.717, 1.165) is 32.4 Å². The summed E-state index contributed by atoms with van der Waals surface area (Å²) in [5.74, 6) is 1.43. The number of aryl methyl sites for hydroxylation is 1. The van der Waals surface area contributed by atoms with Gasteiger partial charge in [0.2, 0.25) is 17.7 Å².